The highest BCUT2D eigenvalue weighted by atomic mass is 32.1. The summed E-state index contributed by atoms with van der Waals surface area (Å²) in [7, 11) is 2.15. The number of carboxylic acids is 3. The number of carboxylic acid groups (broad SMARTS) is 3. The molecule has 2 fully saturated rings. The number of halogens is 9. The van der Waals surface area contributed by atoms with Gasteiger partial charge in [-0.1, -0.05) is 0 Å². The van der Waals surface area contributed by atoms with Crippen LogP contribution in [-0.2, 0) is 32.2 Å². The number of thiazole rings is 1. The second kappa shape index (κ2) is 17.3. The lowest BCUT2D eigenvalue weighted by molar-refractivity contribution is -0.193. The third-order valence-electron chi connectivity index (χ3n) is 5.96. The van der Waals surface area contributed by atoms with Gasteiger partial charge in [0.25, 0.3) is 0 Å². The number of hydrogen-bond acceptors (Lipinski definition) is 9. The van der Waals surface area contributed by atoms with Crippen LogP contribution in [0, 0.1) is 11.8 Å². The summed E-state index contributed by atoms with van der Waals surface area (Å²) in [5.41, 5.74) is 0. The van der Waals surface area contributed by atoms with E-state index >= 15 is 0 Å². The Bertz CT molecular complexity index is 1120. The molecule has 0 radical (unpaired) electrons. The van der Waals surface area contributed by atoms with Crippen molar-refractivity contribution < 1.29 is 78.4 Å². The molecule has 0 aromatic carbocycles. The average Bonchev–Trinajstić information content (AvgIpc) is 3.67. The van der Waals surface area contributed by atoms with Crippen molar-refractivity contribution in [2.75, 3.05) is 33.3 Å². The SMILES string of the molecule is CN(Cc1ccco1)C[C@H]1OC[C@@H]2CCN(Cc3nccs3)C[C@@H]21.O=C(O)C(F)(F)F.O=C(O)C(F)(F)F.O=C(O)C(F)(F)F. The lowest BCUT2D eigenvalue weighted by Gasteiger charge is -2.36. The maximum atomic E-state index is 10.6. The Morgan fingerprint density at radius 3 is 1.96 bits per heavy atom. The third kappa shape index (κ3) is 15.4. The van der Waals surface area contributed by atoms with Crippen LogP contribution in [-0.4, -0.2) is 106 Å². The van der Waals surface area contributed by atoms with E-state index in [9.17, 15) is 39.5 Å². The standard InChI is InChI=1S/C18H25N3O2S.3C2HF3O2/c1-20(9-15-3-2-7-22-15)11-17-16-10-21(6-4-14(16)13-23-17)12-18-19-5-8-24-18;3*3-2(4,5)1(6)7/h2-3,5,7-8,14,16-17H,4,6,9-13H2,1H3;3*(H,6,7)/t14-,16-,17+;;;/m0.../s1. The van der Waals surface area contributed by atoms with E-state index in [1.165, 1.54) is 18.0 Å². The minimum atomic E-state index is -5.08. The zero-order valence-corrected chi connectivity index (χ0v) is 23.9. The van der Waals surface area contributed by atoms with Crippen LogP contribution in [0.4, 0.5) is 39.5 Å². The van der Waals surface area contributed by atoms with Gasteiger partial charge < -0.3 is 24.5 Å². The number of hydrogen-bond donors (Lipinski definition) is 3. The highest BCUT2D eigenvalue weighted by molar-refractivity contribution is 7.09. The molecule has 0 aliphatic carbocycles. The van der Waals surface area contributed by atoms with Crippen molar-refractivity contribution in [3.8, 4) is 0 Å². The Morgan fingerprint density at radius 1 is 1.00 bits per heavy atom. The normalized spacial score (nSPS) is 20.0. The summed E-state index contributed by atoms with van der Waals surface area (Å²) in [6.45, 7) is 6.01. The van der Waals surface area contributed by atoms with Gasteiger partial charge in [-0.05, 0) is 38.1 Å². The average molecular weight is 690 g/mol. The van der Waals surface area contributed by atoms with Crippen LogP contribution in [0.15, 0.2) is 34.4 Å². The Labute approximate surface area is 252 Å². The van der Waals surface area contributed by atoms with Gasteiger partial charge in [-0.15, -0.1) is 11.3 Å². The highest BCUT2D eigenvalue weighted by Gasteiger charge is 2.42. The monoisotopic (exact) mass is 689 g/mol. The summed E-state index contributed by atoms with van der Waals surface area (Å²) in [5, 5.41) is 24.7. The van der Waals surface area contributed by atoms with Crippen LogP contribution in [0.25, 0.3) is 0 Å². The number of piperidine rings is 1. The van der Waals surface area contributed by atoms with Gasteiger partial charge >= 0.3 is 36.4 Å². The highest BCUT2D eigenvalue weighted by Crippen LogP contribution is 2.35. The van der Waals surface area contributed by atoms with Gasteiger partial charge in [0.15, 0.2) is 0 Å². The lowest BCUT2D eigenvalue weighted by atomic mass is 9.84. The van der Waals surface area contributed by atoms with Crippen LogP contribution >= 0.6 is 11.3 Å². The molecule has 11 nitrogen and oxygen atoms in total. The molecule has 0 spiro atoms. The Hall–Kier alpha value is -3.43. The zero-order valence-electron chi connectivity index (χ0n) is 23.1. The first-order chi connectivity index (χ1) is 20.6. The molecule has 0 saturated carbocycles. The maximum absolute atomic E-state index is 10.6. The number of rotatable bonds is 6. The summed E-state index contributed by atoms with van der Waals surface area (Å²) in [5.74, 6) is -5.90. The van der Waals surface area contributed by atoms with Gasteiger partial charge in [-0.2, -0.15) is 39.5 Å². The molecular weight excluding hydrogens is 661 g/mol. The molecule has 0 bridgehead atoms. The molecule has 21 heteroatoms. The maximum Gasteiger partial charge on any atom is 0.490 e. The van der Waals surface area contributed by atoms with E-state index in [0.29, 0.717) is 12.0 Å². The fourth-order valence-electron chi connectivity index (χ4n) is 3.99. The first-order valence-electron chi connectivity index (χ1n) is 12.4. The molecule has 2 aliphatic heterocycles. The van der Waals surface area contributed by atoms with E-state index in [1.54, 1.807) is 17.6 Å². The summed E-state index contributed by atoms with van der Waals surface area (Å²) in [4.78, 5) is 36.0. The van der Waals surface area contributed by atoms with Gasteiger partial charge in [0.2, 0.25) is 0 Å². The summed E-state index contributed by atoms with van der Waals surface area (Å²) in [6, 6.07) is 3.98. The fourth-order valence-corrected chi connectivity index (χ4v) is 4.65. The molecule has 2 aromatic rings. The van der Waals surface area contributed by atoms with E-state index in [-0.39, 0.29) is 0 Å². The van der Waals surface area contributed by atoms with E-state index in [4.69, 9.17) is 38.9 Å². The van der Waals surface area contributed by atoms with Gasteiger partial charge in [0.1, 0.15) is 10.8 Å². The van der Waals surface area contributed by atoms with Gasteiger partial charge in [-0.3, -0.25) is 9.80 Å². The molecular formula is C24H28F9N3O8S. The Morgan fingerprint density at radius 2 is 1.53 bits per heavy atom. The molecule has 3 N–H and O–H groups in total. The van der Waals surface area contributed by atoms with Crippen LogP contribution in [0.5, 0.6) is 0 Å². The molecule has 2 saturated heterocycles. The number of fused-ring (bicyclic) bond motifs is 1. The van der Waals surface area contributed by atoms with Crippen LogP contribution in [0.3, 0.4) is 0 Å². The van der Waals surface area contributed by atoms with Gasteiger partial charge in [-0.25, -0.2) is 19.4 Å². The molecule has 0 amide bonds. The quantitative estimate of drug-likeness (QED) is 0.365. The van der Waals surface area contributed by atoms with Crippen molar-refractivity contribution in [3.63, 3.8) is 0 Å². The molecule has 45 heavy (non-hydrogen) atoms. The number of ether oxygens (including phenoxy) is 1. The number of likely N-dealkylation sites (tertiary alicyclic amines) is 1. The van der Waals surface area contributed by atoms with Crippen LogP contribution < -0.4 is 0 Å². The number of carbonyl (C=O) groups is 3. The third-order valence-corrected chi connectivity index (χ3v) is 6.72. The minimum Gasteiger partial charge on any atom is -0.475 e. The molecule has 3 atom stereocenters. The van der Waals surface area contributed by atoms with E-state index in [1.807, 2.05) is 18.3 Å². The van der Waals surface area contributed by atoms with Crippen LogP contribution in [0.1, 0.15) is 17.2 Å². The topological polar surface area (TPSA) is 154 Å². The number of nitrogens with zero attached hydrogens (tertiary/aromatic N) is 3. The van der Waals surface area contributed by atoms with Crippen molar-refractivity contribution in [2.45, 2.75) is 44.1 Å². The van der Waals surface area contributed by atoms with Crippen LogP contribution in [0.2, 0.25) is 0 Å². The fraction of sp³-hybridized carbons (Fsp3) is 0.583. The number of aliphatic carboxylic acids is 3. The predicted molar refractivity (Wildman–Crippen MR) is 135 cm³/mol. The van der Waals surface area contributed by atoms with Crippen molar-refractivity contribution in [1.29, 1.82) is 0 Å². The predicted octanol–water partition coefficient (Wildman–Crippen LogP) is 4.60. The smallest absolute Gasteiger partial charge is 0.475 e. The summed E-state index contributed by atoms with van der Waals surface area (Å²) in [6.07, 6.45) is -10.0. The van der Waals surface area contributed by atoms with Crippen molar-refractivity contribution >= 4 is 29.2 Å². The van der Waals surface area contributed by atoms with Crippen molar-refractivity contribution in [3.05, 3.63) is 40.7 Å². The number of furan rings is 1. The molecule has 2 aliphatic rings. The van der Waals surface area contributed by atoms with Gasteiger partial charge in [0.05, 0.1) is 32.1 Å². The first kappa shape index (κ1) is 39.6. The van der Waals surface area contributed by atoms with E-state index < -0.39 is 36.4 Å². The first-order valence-corrected chi connectivity index (χ1v) is 13.3. The van der Waals surface area contributed by atoms with E-state index in [0.717, 1.165) is 44.5 Å². The zero-order chi connectivity index (χ0) is 34.6. The summed E-state index contributed by atoms with van der Waals surface area (Å²) >= 11 is 1.75. The lowest BCUT2D eigenvalue weighted by Crippen LogP contribution is -2.44. The molecule has 4 rings (SSSR count). The number of alkyl halides is 9. The van der Waals surface area contributed by atoms with Gasteiger partial charge in [0, 0.05) is 30.6 Å². The van der Waals surface area contributed by atoms with E-state index in [2.05, 4.69) is 27.2 Å². The molecule has 4 heterocycles. The Balaban J connectivity index is 0.000000396. The van der Waals surface area contributed by atoms with Crippen molar-refractivity contribution in [1.82, 2.24) is 14.8 Å². The molecule has 0 unspecified atom stereocenters. The Kier molecular flexibility index (Phi) is 15.2. The molecule has 256 valence electrons. The number of likely N-dealkylation sites (N-methyl/N-ethyl adjacent to an activating group) is 1. The number of aromatic nitrogens is 1. The second-order valence-electron chi connectivity index (χ2n) is 9.43. The second-order valence-corrected chi connectivity index (χ2v) is 10.4. The largest absolute Gasteiger partial charge is 0.490 e. The molecule has 2 aromatic heterocycles. The van der Waals surface area contributed by atoms with Crippen molar-refractivity contribution in [2.24, 2.45) is 11.8 Å². The summed E-state index contributed by atoms with van der Waals surface area (Å²) < 4.78 is 107. The minimum absolute atomic E-state index is 0.328.